The lowest BCUT2D eigenvalue weighted by Crippen LogP contribution is -2.30. The van der Waals surface area contributed by atoms with Crippen LogP contribution in [-0.4, -0.2) is 31.0 Å². The Hall–Kier alpha value is -1.16. The number of hydrogen-bond donors (Lipinski definition) is 2. The molecule has 0 saturated heterocycles. The van der Waals surface area contributed by atoms with Crippen LogP contribution in [0.5, 0.6) is 0 Å². The van der Waals surface area contributed by atoms with Gasteiger partial charge < -0.3 is 15.2 Å². The van der Waals surface area contributed by atoms with Crippen molar-refractivity contribution in [1.29, 1.82) is 0 Å². The van der Waals surface area contributed by atoms with Crippen LogP contribution in [0.2, 0.25) is 0 Å². The lowest BCUT2D eigenvalue weighted by atomic mass is 10.2. The highest BCUT2D eigenvalue weighted by atomic mass is 16.5. The predicted molar refractivity (Wildman–Crippen MR) is 65.2 cm³/mol. The summed E-state index contributed by atoms with van der Waals surface area (Å²) in [5, 5.41) is 12.7. The molecule has 88 valence electrons. The minimum absolute atomic E-state index is 0.341. The minimum atomic E-state index is -0.469. The van der Waals surface area contributed by atoms with Crippen molar-refractivity contribution in [2.75, 3.05) is 19.8 Å². The fraction of sp³-hybridized carbons (Fsp3) is 0.385. The average molecular weight is 221 g/mol. The zero-order chi connectivity index (χ0) is 11.6. The SMILES string of the molecule is C=CCOC[C@@H](O)CNCc1ccccc1. The van der Waals surface area contributed by atoms with Gasteiger partial charge in [0, 0.05) is 13.1 Å². The smallest absolute Gasteiger partial charge is 0.0897 e. The standard InChI is InChI=1S/C13H19NO2/c1-2-8-16-11-13(15)10-14-9-12-6-4-3-5-7-12/h2-7,13-15H,1,8-11H2/t13-/m0/s1. The van der Waals surface area contributed by atoms with E-state index >= 15 is 0 Å². The van der Waals surface area contributed by atoms with Gasteiger partial charge in [-0.3, -0.25) is 0 Å². The van der Waals surface area contributed by atoms with Crippen molar-refractivity contribution in [3.05, 3.63) is 48.6 Å². The van der Waals surface area contributed by atoms with E-state index in [1.54, 1.807) is 6.08 Å². The molecule has 0 unspecified atom stereocenters. The maximum absolute atomic E-state index is 9.53. The Labute approximate surface area is 96.8 Å². The maximum atomic E-state index is 9.53. The molecule has 0 amide bonds. The average Bonchev–Trinajstić information content (AvgIpc) is 2.31. The summed E-state index contributed by atoms with van der Waals surface area (Å²) in [6, 6.07) is 10.1. The van der Waals surface area contributed by atoms with Crippen LogP contribution < -0.4 is 5.32 Å². The number of benzene rings is 1. The predicted octanol–water partition coefficient (Wildman–Crippen LogP) is 1.34. The summed E-state index contributed by atoms with van der Waals surface area (Å²) < 4.78 is 5.14. The van der Waals surface area contributed by atoms with Gasteiger partial charge in [0.25, 0.3) is 0 Å². The first kappa shape index (κ1) is 12.9. The number of ether oxygens (including phenoxy) is 1. The van der Waals surface area contributed by atoms with Crippen LogP contribution in [0.3, 0.4) is 0 Å². The van der Waals surface area contributed by atoms with Gasteiger partial charge in [-0.1, -0.05) is 36.4 Å². The van der Waals surface area contributed by atoms with Gasteiger partial charge in [0.2, 0.25) is 0 Å². The zero-order valence-electron chi connectivity index (χ0n) is 9.43. The zero-order valence-corrected chi connectivity index (χ0v) is 9.43. The number of aliphatic hydroxyl groups is 1. The van der Waals surface area contributed by atoms with Gasteiger partial charge in [-0.05, 0) is 5.56 Å². The molecular formula is C13H19NO2. The molecule has 1 atom stereocenters. The molecule has 1 rings (SSSR count). The summed E-state index contributed by atoms with van der Waals surface area (Å²) in [6.07, 6.45) is 1.20. The van der Waals surface area contributed by atoms with Crippen molar-refractivity contribution in [1.82, 2.24) is 5.32 Å². The second-order valence-electron chi connectivity index (χ2n) is 3.60. The molecule has 0 aromatic heterocycles. The number of nitrogens with one attached hydrogen (secondary N) is 1. The van der Waals surface area contributed by atoms with Crippen LogP contribution in [0.1, 0.15) is 5.56 Å². The third-order valence-corrected chi connectivity index (χ3v) is 2.10. The summed E-state index contributed by atoms with van der Waals surface area (Å²) in [6.45, 7) is 5.66. The van der Waals surface area contributed by atoms with E-state index in [4.69, 9.17) is 4.74 Å². The summed E-state index contributed by atoms with van der Waals surface area (Å²) in [5.41, 5.74) is 1.21. The Bertz CT molecular complexity index is 287. The molecule has 0 spiro atoms. The van der Waals surface area contributed by atoms with Gasteiger partial charge in [-0.15, -0.1) is 6.58 Å². The number of rotatable bonds is 8. The van der Waals surface area contributed by atoms with Gasteiger partial charge in [0.15, 0.2) is 0 Å². The highest BCUT2D eigenvalue weighted by Crippen LogP contribution is 1.97. The first-order valence-corrected chi connectivity index (χ1v) is 5.44. The van der Waals surface area contributed by atoms with Crippen molar-refractivity contribution in [3.63, 3.8) is 0 Å². The molecule has 3 nitrogen and oxygen atoms in total. The molecule has 0 fully saturated rings. The molecule has 2 N–H and O–H groups in total. The van der Waals surface area contributed by atoms with Gasteiger partial charge in [0.1, 0.15) is 0 Å². The fourth-order valence-electron chi connectivity index (χ4n) is 1.33. The molecule has 1 aromatic rings. The van der Waals surface area contributed by atoms with Crippen LogP contribution in [0.25, 0.3) is 0 Å². The monoisotopic (exact) mass is 221 g/mol. The molecule has 0 heterocycles. The molecule has 0 aliphatic heterocycles. The highest BCUT2D eigenvalue weighted by molar-refractivity contribution is 5.14. The number of aliphatic hydroxyl groups excluding tert-OH is 1. The van der Waals surface area contributed by atoms with Crippen LogP contribution in [0, 0.1) is 0 Å². The van der Waals surface area contributed by atoms with E-state index in [-0.39, 0.29) is 0 Å². The maximum Gasteiger partial charge on any atom is 0.0897 e. The third kappa shape index (κ3) is 5.66. The van der Waals surface area contributed by atoms with Gasteiger partial charge in [-0.25, -0.2) is 0 Å². The van der Waals surface area contributed by atoms with Crippen molar-refractivity contribution in [2.24, 2.45) is 0 Å². The summed E-state index contributed by atoms with van der Waals surface area (Å²) >= 11 is 0. The largest absolute Gasteiger partial charge is 0.389 e. The van der Waals surface area contributed by atoms with Crippen molar-refractivity contribution < 1.29 is 9.84 Å². The molecule has 1 aromatic carbocycles. The van der Waals surface area contributed by atoms with E-state index in [1.165, 1.54) is 5.56 Å². The number of hydrogen-bond acceptors (Lipinski definition) is 3. The molecule has 0 aliphatic carbocycles. The summed E-state index contributed by atoms with van der Waals surface area (Å²) in [4.78, 5) is 0. The van der Waals surface area contributed by atoms with Crippen molar-refractivity contribution >= 4 is 0 Å². The molecule has 16 heavy (non-hydrogen) atoms. The molecule has 3 heteroatoms. The first-order valence-electron chi connectivity index (χ1n) is 5.44. The van der Waals surface area contributed by atoms with Crippen LogP contribution in [0.15, 0.2) is 43.0 Å². The van der Waals surface area contributed by atoms with E-state index in [2.05, 4.69) is 11.9 Å². The summed E-state index contributed by atoms with van der Waals surface area (Å²) in [7, 11) is 0. The Balaban J connectivity index is 2.08. The third-order valence-electron chi connectivity index (χ3n) is 2.10. The highest BCUT2D eigenvalue weighted by Gasteiger charge is 2.02. The van der Waals surface area contributed by atoms with E-state index in [0.29, 0.717) is 19.8 Å². The van der Waals surface area contributed by atoms with Crippen LogP contribution in [0.4, 0.5) is 0 Å². The van der Waals surface area contributed by atoms with Crippen molar-refractivity contribution in [3.8, 4) is 0 Å². The second kappa shape index (κ2) is 8.05. The van der Waals surface area contributed by atoms with Gasteiger partial charge in [-0.2, -0.15) is 0 Å². The fourth-order valence-corrected chi connectivity index (χ4v) is 1.33. The first-order chi connectivity index (χ1) is 7.83. The van der Waals surface area contributed by atoms with E-state index < -0.39 is 6.10 Å². The topological polar surface area (TPSA) is 41.5 Å². The Morgan fingerprint density at radius 2 is 2.12 bits per heavy atom. The van der Waals surface area contributed by atoms with E-state index in [1.807, 2.05) is 30.3 Å². The van der Waals surface area contributed by atoms with E-state index in [0.717, 1.165) is 6.54 Å². The molecule has 0 bridgehead atoms. The Morgan fingerprint density at radius 1 is 1.38 bits per heavy atom. The quantitative estimate of drug-likeness (QED) is 0.514. The minimum Gasteiger partial charge on any atom is -0.389 e. The second-order valence-corrected chi connectivity index (χ2v) is 3.60. The Morgan fingerprint density at radius 3 is 2.81 bits per heavy atom. The normalized spacial score (nSPS) is 12.3. The Kier molecular flexibility index (Phi) is 6.49. The van der Waals surface area contributed by atoms with E-state index in [9.17, 15) is 5.11 Å². The lowest BCUT2D eigenvalue weighted by molar-refractivity contribution is 0.0493. The summed E-state index contributed by atoms with van der Waals surface area (Å²) in [5.74, 6) is 0. The lowest BCUT2D eigenvalue weighted by Gasteiger charge is -2.11. The molecule has 0 saturated carbocycles. The molecule has 0 radical (unpaired) electrons. The molecular weight excluding hydrogens is 202 g/mol. The van der Waals surface area contributed by atoms with Gasteiger partial charge >= 0.3 is 0 Å². The van der Waals surface area contributed by atoms with Crippen molar-refractivity contribution in [2.45, 2.75) is 12.6 Å². The molecule has 0 aliphatic rings. The van der Waals surface area contributed by atoms with Gasteiger partial charge in [0.05, 0.1) is 19.3 Å². The van der Waals surface area contributed by atoms with Crippen LogP contribution in [-0.2, 0) is 11.3 Å². The van der Waals surface area contributed by atoms with Crippen LogP contribution >= 0.6 is 0 Å².